The second kappa shape index (κ2) is 4.56. The summed E-state index contributed by atoms with van der Waals surface area (Å²) >= 11 is 0. The maximum Gasteiger partial charge on any atom is 0.422 e. The molecule has 116 valence electrons. The fourth-order valence-corrected chi connectivity index (χ4v) is 4.20. The van der Waals surface area contributed by atoms with Crippen LogP contribution in [0.3, 0.4) is 0 Å². The van der Waals surface area contributed by atoms with Gasteiger partial charge in [-0.1, -0.05) is 6.07 Å². The van der Waals surface area contributed by atoms with E-state index in [2.05, 4.69) is 4.90 Å². The van der Waals surface area contributed by atoms with Gasteiger partial charge in [-0.3, -0.25) is 9.69 Å². The van der Waals surface area contributed by atoms with Gasteiger partial charge in [0.05, 0.1) is 5.69 Å². The maximum atomic E-state index is 13.1. The van der Waals surface area contributed by atoms with Crippen LogP contribution in [0.2, 0.25) is 0 Å². The Bertz CT molecular complexity index is 644. The third-order valence-corrected chi connectivity index (χ3v) is 5.19. The number of hydrogen-bond acceptors (Lipinski definition) is 4. The molecule has 5 rings (SSSR count). The fourth-order valence-electron chi connectivity index (χ4n) is 4.20. The number of piperidine rings is 3. The molecule has 1 spiro atoms. The van der Waals surface area contributed by atoms with Crippen molar-refractivity contribution in [1.29, 1.82) is 0 Å². The van der Waals surface area contributed by atoms with Gasteiger partial charge in [0.15, 0.2) is 0 Å². The predicted octanol–water partition coefficient (Wildman–Crippen LogP) is 2.25. The lowest BCUT2D eigenvalue weighted by molar-refractivity contribution is -0.148. The molecule has 4 fully saturated rings. The molecule has 1 aromatic rings. The Morgan fingerprint density at radius 1 is 1.09 bits per heavy atom. The average molecular weight is 300 g/mol. The second-order valence-electron chi connectivity index (χ2n) is 6.79. The Morgan fingerprint density at radius 2 is 1.73 bits per heavy atom. The van der Waals surface area contributed by atoms with Crippen LogP contribution in [-0.4, -0.2) is 42.1 Å². The summed E-state index contributed by atoms with van der Waals surface area (Å²) < 4.78 is 5.68. The first-order valence-electron chi connectivity index (χ1n) is 7.88. The third-order valence-electron chi connectivity index (χ3n) is 5.19. The van der Waals surface area contributed by atoms with E-state index in [-0.39, 0.29) is 11.8 Å². The monoisotopic (exact) mass is 300 g/mol. The number of amides is 2. The SMILES string of the molecule is Cc1cc(C)cc(N2C(=O)OC3(CN4CCC3CC4)C2=O)c1. The number of ether oxygens (including phenoxy) is 1. The number of hydrogen-bond donors (Lipinski definition) is 0. The first kappa shape index (κ1) is 13.8. The zero-order valence-corrected chi connectivity index (χ0v) is 13.0. The van der Waals surface area contributed by atoms with E-state index >= 15 is 0 Å². The lowest BCUT2D eigenvalue weighted by atomic mass is 9.75. The summed E-state index contributed by atoms with van der Waals surface area (Å²) in [5.41, 5.74) is 1.74. The number of imide groups is 1. The standard InChI is InChI=1S/C17H20N2O3/c1-11-7-12(2)9-14(8-11)19-15(20)17(22-16(19)21)10-18-5-3-13(17)4-6-18/h7-9,13H,3-6,10H2,1-2H3. The van der Waals surface area contributed by atoms with Gasteiger partial charge in [0, 0.05) is 12.5 Å². The summed E-state index contributed by atoms with van der Waals surface area (Å²) in [6.45, 7) is 6.48. The van der Waals surface area contributed by atoms with E-state index in [0.29, 0.717) is 12.2 Å². The lowest BCUT2D eigenvalue weighted by Gasteiger charge is -2.48. The predicted molar refractivity (Wildman–Crippen MR) is 81.8 cm³/mol. The number of benzene rings is 1. The van der Waals surface area contributed by atoms with Gasteiger partial charge in [-0.25, -0.2) is 9.69 Å². The van der Waals surface area contributed by atoms with Gasteiger partial charge < -0.3 is 4.74 Å². The van der Waals surface area contributed by atoms with Crippen LogP contribution in [0.4, 0.5) is 10.5 Å². The number of aryl methyl sites for hydroxylation is 2. The van der Waals surface area contributed by atoms with Gasteiger partial charge in [-0.05, 0) is 63.0 Å². The molecule has 1 aromatic carbocycles. The summed E-state index contributed by atoms with van der Waals surface area (Å²) in [5, 5.41) is 0. The molecule has 1 atom stereocenters. The summed E-state index contributed by atoms with van der Waals surface area (Å²) in [6.07, 6.45) is 1.34. The van der Waals surface area contributed by atoms with Crippen molar-refractivity contribution in [1.82, 2.24) is 4.90 Å². The first-order chi connectivity index (χ1) is 10.5. The number of anilines is 1. The third kappa shape index (κ3) is 1.81. The second-order valence-corrected chi connectivity index (χ2v) is 6.79. The number of rotatable bonds is 1. The van der Waals surface area contributed by atoms with Crippen molar-refractivity contribution < 1.29 is 14.3 Å². The zero-order valence-electron chi connectivity index (χ0n) is 13.0. The molecule has 0 saturated carbocycles. The molecule has 0 N–H and O–H groups in total. The Hall–Kier alpha value is -1.88. The Morgan fingerprint density at radius 3 is 2.27 bits per heavy atom. The van der Waals surface area contributed by atoms with E-state index in [4.69, 9.17) is 4.74 Å². The maximum absolute atomic E-state index is 13.1. The van der Waals surface area contributed by atoms with Crippen molar-refractivity contribution in [2.45, 2.75) is 32.3 Å². The summed E-state index contributed by atoms with van der Waals surface area (Å²) in [5.74, 6) is -0.0262. The average Bonchev–Trinajstić information content (AvgIpc) is 2.70. The molecule has 4 aliphatic rings. The number of carbonyl (C=O) groups is 2. The molecular weight excluding hydrogens is 280 g/mol. The molecule has 1 unspecified atom stereocenters. The highest BCUT2D eigenvalue weighted by atomic mass is 16.6. The van der Waals surface area contributed by atoms with Gasteiger partial charge in [0.2, 0.25) is 5.60 Å². The fraction of sp³-hybridized carbons (Fsp3) is 0.529. The summed E-state index contributed by atoms with van der Waals surface area (Å²) in [7, 11) is 0. The lowest BCUT2D eigenvalue weighted by Crippen LogP contribution is -2.63. The van der Waals surface area contributed by atoms with Crippen LogP contribution < -0.4 is 4.90 Å². The Balaban J connectivity index is 1.74. The van der Waals surface area contributed by atoms with Crippen LogP contribution in [-0.2, 0) is 9.53 Å². The van der Waals surface area contributed by atoms with Crippen LogP contribution in [0.5, 0.6) is 0 Å². The molecule has 4 aliphatic heterocycles. The minimum atomic E-state index is -0.953. The van der Waals surface area contributed by atoms with E-state index in [1.807, 2.05) is 32.0 Å². The van der Waals surface area contributed by atoms with Crippen LogP contribution in [0, 0.1) is 19.8 Å². The normalized spacial score (nSPS) is 33.6. The van der Waals surface area contributed by atoms with Crippen LogP contribution in [0.15, 0.2) is 18.2 Å². The molecule has 0 aliphatic carbocycles. The molecule has 22 heavy (non-hydrogen) atoms. The van der Waals surface area contributed by atoms with E-state index in [9.17, 15) is 9.59 Å². The van der Waals surface area contributed by atoms with Crippen molar-refractivity contribution in [3.8, 4) is 0 Å². The number of nitrogens with zero attached hydrogens (tertiary/aromatic N) is 2. The van der Waals surface area contributed by atoms with Gasteiger partial charge in [0.25, 0.3) is 5.91 Å². The molecule has 4 saturated heterocycles. The number of fused-ring (bicyclic) bond motifs is 2. The van der Waals surface area contributed by atoms with E-state index in [0.717, 1.165) is 37.1 Å². The van der Waals surface area contributed by atoms with Gasteiger partial charge in [-0.2, -0.15) is 0 Å². The minimum absolute atomic E-state index is 0.157. The van der Waals surface area contributed by atoms with Crippen molar-refractivity contribution in [3.63, 3.8) is 0 Å². The van der Waals surface area contributed by atoms with Crippen molar-refractivity contribution in [3.05, 3.63) is 29.3 Å². The molecule has 2 bridgehead atoms. The highest BCUT2D eigenvalue weighted by Crippen LogP contribution is 2.44. The topological polar surface area (TPSA) is 49.9 Å². The van der Waals surface area contributed by atoms with Crippen LogP contribution in [0.1, 0.15) is 24.0 Å². The van der Waals surface area contributed by atoms with Crippen LogP contribution >= 0.6 is 0 Å². The van der Waals surface area contributed by atoms with Gasteiger partial charge in [-0.15, -0.1) is 0 Å². The molecule has 0 aromatic heterocycles. The van der Waals surface area contributed by atoms with Crippen molar-refractivity contribution >= 4 is 17.7 Å². The summed E-state index contributed by atoms with van der Waals surface area (Å²) in [6, 6.07) is 5.76. The van der Waals surface area contributed by atoms with Crippen molar-refractivity contribution in [2.75, 3.05) is 24.5 Å². The molecule has 4 heterocycles. The van der Waals surface area contributed by atoms with E-state index < -0.39 is 11.7 Å². The highest BCUT2D eigenvalue weighted by molar-refractivity contribution is 6.20. The van der Waals surface area contributed by atoms with E-state index in [1.165, 1.54) is 4.90 Å². The summed E-state index contributed by atoms with van der Waals surface area (Å²) in [4.78, 5) is 29.0. The smallest absolute Gasteiger partial charge is 0.422 e. The van der Waals surface area contributed by atoms with E-state index in [1.54, 1.807) is 0 Å². The minimum Gasteiger partial charge on any atom is -0.430 e. The first-order valence-corrected chi connectivity index (χ1v) is 7.88. The molecule has 5 heteroatoms. The molecule has 5 nitrogen and oxygen atoms in total. The van der Waals surface area contributed by atoms with Crippen molar-refractivity contribution in [2.24, 2.45) is 5.92 Å². The largest absolute Gasteiger partial charge is 0.430 e. The Labute approximate surface area is 129 Å². The molecular formula is C17H20N2O3. The molecule has 2 amide bonds. The van der Waals surface area contributed by atoms with Crippen LogP contribution in [0.25, 0.3) is 0 Å². The quantitative estimate of drug-likeness (QED) is 0.798. The Kier molecular flexibility index (Phi) is 2.85. The number of carbonyl (C=O) groups excluding carboxylic acids is 2. The highest BCUT2D eigenvalue weighted by Gasteiger charge is 2.62. The van der Waals surface area contributed by atoms with Gasteiger partial charge >= 0.3 is 6.09 Å². The van der Waals surface area contributed by atoms with Gasteiger partial charge in [0.1, 0.15) is 0 Å². The zero-order chi connectivity index (χ0) is 15.5. The molecule has 0 radical (unpaired) electrons.